The zero-order valence-electron chi connectivity index (χ0n) is 11.7. The molecule has 0 saturated carbocycles. The molecule has 0 radical (unpaired) electrons. The Labute approximate surface area is 120 Å². The summed E-state index contributed by atoms with van der Waals surface area (Å²) in [6.45, 7) is 3.49. The molecular weight excluding hydrogens is 276 g/mol. The molecule has 5 N–H and O–H groups in total. The zero-order chi connectivity index (χ0) is 15.0. The van der Waals surface area contributed by atoms with Crippen molar-refractivity contribution in [2.45, 2.75) is 31.1 Å². The smallest absolute Gasteiger partial charge is 0.238 e. The Bertz CT molecular complexity index is 538. The van der Waals surface area contributed by atoms with Gasteiger partial charge in [0, 0.05) is 13.1 Å². The minimum Gasteiger partial charge on any atom is -0.370 e. The van der Waals surface area contributed by atoms with Gasteiger partial charge in [-0.05, 0) is 30.5 Å². The minimum absolute atomic E-state index is 0.120. The first-order valence-corrected chi connectivity index (χ1v) is 8.13. The Hall–Kier alpha value is -1.60. The maximum Gasteiger partial charge on any atom is 0.238 e. The Balaban J connectivity index is 2.41. The number of nitrogens with two attached hydrogens (primary N) is 2. The topological polar surface area (TPSA) is 111 Å². The molecule has 0 aliphatic rings. The molecule has 0 aromatic heterocycles. The van der Waals surface area contributed by atoms with E-state index in [0.717, 1.165) is 31.4 Å². The summed E-state index contributed by atoms with van der Waals surface area (Å²) in [5.74, 6) is 0.444. The van der Waals surface area contributed by atoms with Crippen molar-refractivity contribution in [2.24, 2.45) is 15.9 Å². The van der Waals surface area contributed by atoms with Gasteiger partial charge in [-0.2, -0.15) is 0 Å². The lowest BCUT2D eigenvalue weighted by Crippen LogP contribution is -2.33. The second-order valence-corrected chi connectivity index (χ2v) is 6.05. The van der Waals surface area contributed by atoms with E-state index < -0.39 is 10.0 Å². The number of aliphatic imine (C=N–C) groups is 1. The number of hydrogen-bond donors (Lipinski definition) is 3. The second kappa shape index (κ2) is 7.86. The molecule has 6 nitrogen and oxygen atoms in total. The van der Waals surface area contributed by atoms with Crippen molar-refractivity contribution in [3.8, 4) is 0 Å². The Morgan fingerprint density at radius 3 is 2.50 bits per heavy atom. The highest BCUT2D eigenvalue weighted by molar-refractivity contribution is 7.89. The molecule has 0 unspecified atom stereocenters. The molecule has 0 aliphatic heterocycles. The highest BCUT2D eigenvalue weighted by atomic mass is 32.2. The molecule has 0 amide bonds. The summed E-state index contributed by atoms with van der Waals surface area (Å²) < 4.78 is 22.2. The quantitative estimate of drug-likeness (QED) is 0.388. The highest BCUT2D eigenvalue weighted by Gasteiger charge is 2.06. The van der Waals surface area contributed by atoms with E-state index in [1.54, 1.807) is 12.1 Å². The Morgan fingerprint density at radius 2 is 1.95 bits per heavy atom. The highest BCUT2D eigenvalue weighted by Crippen LogP contribution is 2.08. The lowest BCUT2D eigenvalue weighted by molar-refractivity contribution is 0.598. The first kappa shape index (κ1) is 16.5. The third kappa shape index (κ3) is 6.03. The predicted molar refractivity (Wildman–Crippen MR) is 80.9 cm³/mol. The van der Waals surface area contributed by atoms with Gasteiger partial charge >= 0.3 is 0 Å². The number of nitrogens with zero attached hydrogens (tertiary/aromatic N) is 1. The van der Waals surface area contributed by atoms with E-state index in [0.29, 0.717) is 12.5 Å². The number of hydrogen-bond acceptors (Lipinski definition) is 3. The van der Waals surface area contributed by atoms with Crippen LogP contribution in [0.15, 0.2) is 34.2 Å². The number of sulfonamides is 1. The van der Waals surface area contributed by atoms with Crippen LogP contribution in [0.3, 0.4) is 0 Å². The van der Waals surface area contributed by atoms with Gasteiger partial charge in [0.1, 0.15) is 0 Å². The number of benzene rings is 1. The van der Waals surface area contributed by atoms with Gasteiger partial charge in [0.05, 0.1) is 4.90 Å². The van der Waals surface area contributed by atoms with Crippen molar-refractivity contribution in [1.82, 2.24) is 5.32 Å². The van der Waals surface area contributed by atoms with Gasteiger partial charge in [-0.1, -0.05) is 25.5 Å². The summed E-state index contributed by atoms with van der Waals surface area (Å²) in [5, 5.41) is 8.05. The van der Waals surface area contributed by atoms with Crippen LogP contribution < -0.4 is 16.2 Å². The number of nitrogens with one attached hydrogen (secondary N) is 1. The fourth-order valence-electron chi connectivity index (χ4n) is 1.59. The number of unbranched alkanes of at least 4 members (excludes halogenated alkanes) is 1. The van der Waals surface area contributed by atoms with Crippen molar-refractivity contribution in [2.75, 3.05) is 13.1 Å². The SMILES string of the molecule is CCCCN=C(N)NCCc1ccc(S(N)(=O)=O)cc1. The van der Waals surface area contributed by atoms with Gasteiger partial charge in [-0.15, -0.1) is 0 Å². The predicted octanol–water partition coefficient (Wildman–Crippen LogP) is 0.581. The molecule has 0 heterocycles. The van der Waals surface area contributed by atoms with Crippen LogP contribution in [-0.4, -0.2) is 27.5 Å². The van der Waals surface area contributed by atoms with Crippen molar-refractivity contribution >= 4 is 16.0 Å². The van der Waals surface area contributed by atoms with E-state index in [9.17, 15) is 8.42 Å². The summed E-state index contributed by atoms with van der Waals surface area (Å²) in [6.07, 6.45) is 2.85. The monoisotopic (exact) mass is 298 g/mol. The van der Waals surface area contributed by atoms with E-state index in [-0.39, 0.29) is 4.90 Å². The van der Waals surface area contributed by atoms with Gasteiger partial charge in [0.15, 0.2) is 5.96 Å². The molecule has 7 heteroatoms. The van der Waals surface area contributed by atoms with Crippen LogP contribution in [0.25, 0.3) is 0 Å². The third-order valence-electron chi connectivity index (χ3n) is 2.77. The largest absolute Gasteiger partial charge is 0.370 e. The van der Waals surface area contributed by atoms with E-state index in [4.69, 9.17) is 10.9 Å². The number of rotatable bonds is 7. The van der Waals surface area contributed by atoms with Crippen LogP contribution in [0.4, 0.5) is 0 Å². The van der Waals surface area contributed by atoms with Crippen LogP contribution in [-0.2, 0) is 16.4 Å². The van der Waals surface area contributed by atoms with E-state index in [1.807, 2.05) is 0 Å². The van der Waals surface area contributed by atoms with E-state index in [2.05, 4.69) is 17.2 Å². The van der Waals surface area contributed by atoms with Crippen LogP contribution >= 0.6 is 0 Å². The molecular formula is C13H22N4O2S. The Morgan fingerprint density at radius 1 is 1.30 bits per heavy atom. The molecule has 1 rings (SSSR count). The molecule has 0 spiro atoms. The Kier molecular flexibility index (Phi) is 6.47. The van der Waals surface area contributed by atoms with Crippen molar-refractivity contribution in [3.63, 3.8) is 0 Å². The van der Waals surface area contributed by atoms with Gasteiger partial charge in [0.25, 0.3) is 0 Å². The fraction of sp³-hybridized carbons (Fsp3) is 0.462. The molecule has 0 fully saturated rings. The van der Waals surface area contributed by atoms with E-state index in [1.165, 1.54) is 12.1 Å². The van der Waals surface area contributed by atoms with Crippen LogP contribution in [0.5, 0.6) is 0 Å². The first-order chi connectivity index (χ1) is 9.43. The molecule has 1 aromatic carbocycles. The van der Waals surface area contributed by atoms with Crippen LogP contribution in [0, 0.1) is 0 Å². The van der Waals surface area contributed by atoms with Crippen LogP contribution in [0.1, 0.15) is 25.3 Å². The van der Waals surface area contributed by atoms with Gasteiger partial charge < -0.3 is 11.1 Å². The summed E-state index contributed by atoms with van der Waals surface area (Å²) in [6, 6.07) is 6.49. The van der Waals surface area contributed by atoms with Gasteiger partial charge in [-0.25, -0.2) is 13.6 Å². The van der Waals surface area contributed by atoms with E-state index >= 15 is 0 Å². The zero-order valence-corrected chi connectivity index (χ0v) is 12.5. The molecule has 0 atom stereocenters. The number of guanidine groups is 1. The van der Waals surface area contributed by atoms with Crippen molar-refractivity contribution in [3.05, 3.63) is 29.8 Å². The second-order valence-electron chi connectivity index (χ2n) is 4.49. The molecule has 1 aromatic rings. The van der Waals surface area contributed by atoms with Crippen LogP contribution in [0.2, 0.25) is 0 Å². The fourth-order valence-corrected chi connectivity index (χ4v) is 2.11. The summed E-state index contributed by atoms with van der Waals surface area (Å²) in [7, 11) is -3.62. The maximum absolute atomic E-state index is 11.1. The lowest BCUT2D eigenvalue weighted by atomic mass is 10.1. The molecule has 0 bridgehead atoms. The number of primary sulfonamides is 1. The van der Waals surface area contributed by atoms with Crippen molar-refractivity contribution in [1.29, 1.82) is 0 Å². The summed E-state index contributed by atoms with van der Waals surface area (Å²) in [5.41, 5.74) is 6.71. The molecule has 20 heavy (non-hydrogen) atoms. The summed E-state index contributed by atoms with van der Waals surface area (Å²) >= 11 is 0. The lowest BCUT2D eigenvalue weighted by Gasteiger charge is -2.06. The first-order valence-electron chi connectivity index (χ1n) is 6.59. The maximum atomic E-state index is 11.1. The summed E-state index contributed by atoms with van der Waals surface area (Å²) in [4.78, 5) is 4.30. The van der Waals surface area contributed by atoms with Gasteiger partial charge in [-0.3, -0.25) is 4.99 Å². The molecule has 0 aliphatic carbocycles. The average Bonchev–Trinajstić information content (AvgIpc) is 2.38. The van der Waals surface area contributed by atoms with Crippen molar-refractivity contribution < 1.29 is 8.42 Å². The minimum atomic E-state index is -3.62. The van der Waals surface area contributed by atoms with Gasteiger partial charge in [0.2, 0.25) is 10.0 Å². The average molecular weight is 298 g/mol. The molecule has 112 valence electrons. The normalized spacial score (nSPS) is 12.4. The standard InChI is InChI=1S/C13H22N4O2S/c1-2-3-9-16-13(14)17-10-8-11-4-6-12(7-5-11)20(15,18)19/h4-7H,2-3,8-10H2,1H3,(H3,14,16,17)(H2,15,18,19). The molecule has 0 saturated heterocycles. The third-order valence-corrected chi connectivity index (χ3v) is 3.69.